The predicted molar refractivity (Wildman–Crippen MR) is 89.4 cm³/mol. The van der Waals surface area contributed by atoms with Crippen molar-refractivity contribution < 1.29 is 9.90 Å². The third-order valence-corrected chi connectivity index (χ3v) is 5.38. The number of thiophene rings is 1. The number of fused-ring (bicyclic) bond motifs is 1. The highest BCUT2D eigenvalue weighted by Gasteiger charge is 2.28. The zero-order valence-electron chi connectivity index (χ0n) is 12.5. The molecule has 1 aliphatic carbocycles. The zero-order chi connectivity index (χ0) is 15.4. The molecule has 3 nitrogen and oxygen atoms in total. The highest BCUT2D eigenvalue weighted by molar-refractivity contribution is 7.12. The van der Waals surface area contributed by atoms with Crippen LogP contribution in [0.15, 0.2) is 36.4 Å². The van der Waals surface area contributed by atoms with Gasteiger partial charge in [-0.1, -0.05) is 30.3 Å². The number of aliphatic hydroxyl groups is 1. The summed E-state index contributed by atoms with van der Waals surface area (Å²) in [6.45, 7) is 1.67. The van der Waals surface area contributed by atoms with Crippen molar-refractivity contribution in [2.24, 2.45) is 5.92 Å². The van der Waals surface area contributed by atoms with E-state index in [1.807, 2.05) is 12.1 Å². The smallest absolute Gasteiger partial charge is 0.168 e. The molecule has 3 rings (SSSR count). The van der Waals surface area contributed by atoms with Gasteiger partial charge in [0, 0.05) is 27.8 Å². The van der Waals surface area contributed by atoms with Gasteiger partial charge in [-0.3, -0.25) is 4.79 Å². The molecule has 0 saturated carbocycles. The maximum Gasteiger partial charge on any atom is 0.168 e. The van der Waals surface area contributed by atoms with E-state index < -0.39 is 0 Å². The molecule has 2 aromatic rings. The summed E-state index contributed by atoms with van der Waals surface area (Å²) in [5.74, 6) is 0.314. The van der Waals surface area contributed by atoms with Gasteiger partial charge in [-0.15, -0.1) is 11.3 Å². The first-order chi connectivity index (χ1) is 10.8. The Balaban J connectivity index is 1.50. The monoisotopic (exact) mass is 315 g/mol. The molecule has 0 amide bonds. The van der Waals surface area contributed by atoms with Gasteiger partial charge in [0.25, 0.3) is 0 Å². The quantitative estimate of drug-likeness (QED) is 0.806. The second kappa shape index (κ2) is 7.18. The van der Waals surface area contributed by atoms with Crippen molar-refractivity contribution in [2.45, 2.75) is 25.9 Å². The fourth-order valence-corrected chi connectivity index (χ4v) is 4.01. The first-order valence-corrected chi connectivity index (χ1v) is 8.61. The van der Waals surface area contributed by atoms with Gasteiger partial charge in [-0.2, -0.15) is 0 Å². The normalized spacial score (nSPS) is 17.5. The molecule has 2 N–H and O–H groups in total. The van der Waals surface area contributed by atoms with E-state index in [0.29, 0.717) is 0 Å². The molecule has 0 bridgehead atoms. The Morgan fingerprint density at radius 3 is 2.86 bits per heavy atom. The molecule has 116 valence electrons. The predicted octanol–water partition coefficient (Wildman–Crippen LogP) is 2.82. The van der Waals surface area contributed by atoms with Crippen molar-refractivity contribution in [3.63, 3.8) is 0 Å². The summed E-state index contributed by atoms with van der Waals surface area (Å²) in [6.07, 6.45) is 2.85. The summed E-state index contributed by atoms with van der Waals surface area (Å²) in [4.78, 5) is 14.5. The topological polar surface area (TPSA) is 49.3 Å². The van der Waals surface area contributed by atoms with E-state index in [1.54, 1.807) is 11.3 Å². The Bertz CT molecular complexity index is 636. The molecule has 1 atom stereocenters. The van der Waals surface area contributed by atoms with E-state index in [2.05, 4.69) is 29.6 Å². The Morgan fingerprint density at radius 2 is 2.09 bits per heavy atom. The zero-order valence-corrected chi connectivity index (χ0v) is 13.4. The van der Waals surface area contributed by atoms with Crippen molar-refractivity contribution in [3.8, 4) is 0 Å². The molecule has 22 heavy (non-hydrogen) atoms. The number of aryl methyl sites for hydroxylation is 1. The number of Topliss-reactive ketones (excluding diaryl/α,β-unsaturated/α-hetero) is 1. The molecule has 1 aliphatic rings. The fourth-order valence-electron chi connectivity index (χ4n) is 2.96. The third-order valence-electron chi connectivity index (χ3n) is 4.20. The number of aliphatic hydroxyl groups excluding tert-OH is 1. The van der Waals surface area contributed by atoms with Gasteiger partial charge in [0.05, 0.1) is 6.61 Å². The number of carbonyl (C=O) groups excluding carboxylic acids is 1. The van der Waals surface area contributed by atoms with Crippen LogP contribution >= 0.6 is 11.3 Å². The molecule has 4 heteroatoms. The standard InChI is InChI=1S/C18H21NO2S/c20-12-15-10-16-17(22-15)7-6-14(18(16)21)11-19-9-8-13-4-2-1-3-5-13/h1-5,10,14,19-20H,6-9,11-12H2. The van der Waals surface area contributed by atoms with Crippen LogP contribution in [-0.4, -0.2) is 24.0 Å². The van der Waals surface area contributed by atoms with Crippen LogP contribution in [0.25, 0.3) is 0 Å². The van der Waals surface area contributed by atoms with Gasteiger partial charge in [0.15, 0.2) is 5.78 Å². The Labute approximate surface area is 135 Å². The molecule has 1 aromatic heterocycles. The van der Waals surface area contributed by atoms with E-state index in [-0.39, 0.29) is 18.3 Å². The van der Waals surface area contributed by atoms with Gasteiger partial charge in [0.2, 0.25) is 0 Å². The minimum Gasteiger partial charge on any atom is -0.391 e. The lowest BCUT2D eigenvalue weighted by molar-refractivity contribution is 0.0902. The number of rotatable bonds is 6. The van der Waals surface area contributed by atoms with Crippen molar-refractivity contribution in [1.29, 1.82) is 0 Å². The molecule has 0 spiro atoms. The average molecular weight is 315 g/mol. The number of ketones is 1. The van der Waals surface area contributed by atoms with Gasteiger partial charge in [0.1, 0.15) is 0 Å². The van der Waals surface area contributed by atoms with Gasteiger partial charge in [-0.25, -0.2) is 0 Å². The molecular weight excluding hydrogens is 294 g/mol. The first-order valence-electron chi connectivity index (χ1n) is 7.79. The van der Waals surface area contributed by atoms with Crippen molar-refractivity contribution >= 4 is 17.1 Å². The summed E-state index contributed by atoms with van der Waals surface area (Å²) < 4.78 is 0. The van der Waals surface area contributed by atoms with Crippen LogP contribution in [0.5, 0.6) is 0 Å². The highest BCUT2D eigenvalue weighted by atomic mass is 32.1. The average Bonchev–Trinajstić information content (AvgIpc) is 2.98. The summed E-state index contributed by atoms with van der Waals surface area (Å²) in [6, 6.07) is 12.3. The van der Waals surface area contributed by atoms with Crippen LogP contribution in [0.3, 0.4) is 0 Å². The van der Waals surface area contributed by atoms with E-state index in [9.17, 15) is 9.90 Å². The number of benzene rings is 1. The van der Waals surface area contributed by atoms with E-state index >= 15 is 0 Å². The molecule has 1 aromatic carbocycles. The van der Waals surface area contributed by atoms with Crippen LogP contribution in [0.1, 0.15) is 32.1 Å². The third kappa shape index (κ3) is 3.46. The molecule has 0 fully saturated rings. The summed E-state index contributed by atoms with van der Waals surface area (Å²) in [7, 11) is 0. The maximum absolute atomic E-state index is 12.5. The van der Waals surface area contributed by atoms with E-state index in [1.165, 1.54) is 5.56 Å². The molecule has 0 aliphatic heterocycles. The molecular formula is C18H21NO2S. The minimum atomic E-state index is 0.0327. The van der Waals surface area contributed by atoms with Crippen LogP contribution < -0.4 is 5.32 Å². The number of hydrogen-bond acceptors (Lipinski definition) is 4. The van der Waals surface area contributed by atoms with Gasteiger partial charge in [-0.05, 0) is 37.4 Å². The Kier molecular flexibility index (Phi) is 5.03. The van der Waals surface area contributed by atoms with E-state index in [0.717, 1.165) is 47.7 Å². The minimum absolute atomic E-state index is 0.0327. The largest absolute Gasteiger partial charge is 0.391 e. The lowest BCUT2D eigenvalue weighted by Crippen LogP contribution is -2.32. The Hall–Kier alpha value is -1.49. The summed E-state index contributed by atoms with van der Waals surface area (Å²) >= 11 is 1.58. The van der Waals surface area contributed by atoms with Crippen molar-refractivity contribution in [2.75, 3.05) is 13.1 Å². The van der Waals surface area contributed by atoms with Crippen molar-refractivity contribution in [3.05, 3.63) is 57.3 Å². The van der Waals surface area contributed by atoms with E-state index in [4.69, 9.17) is 0 Å². The highest BCUT2D eigenvalue weighted by Crippen LogP contribution is 2.32. The fraction of sp³-hybridized carbons (Fsp3) is 0.389. The number of carbonyl (C=O) groups is 1. The van der Waals surface area contributed by atoms with Crippen molar-refractivity contribution in [1.82, 2.24) is 5.32 Å². The lowest BCUT2D eigenvalue weighted by Gasteiger charge is -2.21. The van der Waals surface area contributed by atoms with Crippen LogP contribution in [0, 0.1) is 5.92 Å². The Morgan fingerprint density at radius 1 is 1.27 bits per heavy atom. The van der Waals surface area contributed by atoms with Crippen LogP contribution in [0.2, 0.25) is 0 Å². The van der Waals surface area contributed by atoms with Crippen LogP contribution in [0.4, 0.5) is 0 Å². The van der Waals surface area contributed by atoms with Crippen LogP contribution in [-0.2, 0) is 19.4 Å². The number of nitrogens with one attached hydrogen (secondary N) is 1. The van der Waals surface area contributed by atoms with Gasteiger partial charge >= 0.3 is 0 Å². The maximum atomic E-state index is 12.5. The van der Waals surface area contributed by atoms with Gasteiger partial charge < -0.3 is 10.4 Å². The second-order valence-corrected chi connectivity index (χ2v) is 6.97. The lowest BCUT2D eigenvalue weighted by atomic mass is 9.87. The SMILES string of the molecule is O=C1c2cc(CO)sc2CCC1CNCCc1ccccc1. The molecule has 0 saturated heterocycles. The second-order valence-electron chi connectivity index (χ2n) is 5.75. The summed E-state index contributed by atoms with van der Waals surface area (Å²) in [5, 5.41) is 12.6. The first kappa shape index (κ1) is 15.4. The number of hydrogen-bond donors (Lipinski definition) is 2. The molecule has 1 unspecified atom stereocenters. The molecule has 0 radical (unpaired) electrons. The summed E-state index contributed by atoms with van der Waals surface area (Å²) in [5.41, 5.74) is 2.16. The molecule has 1 heterocycles.